The van der Waals surface area contributed by atoms with Crippen LogP contribution in [0.5, 0.6) is 11.5 Å². The van der Waals surface area contributed by atoms with Crippen LogP contribution in [0, 0.1) is 0 Å². The van der Waals surface area contributed by atoms with E-state index in [9.17, 15) is 14.7 Å². The first-order chi connectivity index (χ1) is 13.5. The summed E-state index contributed by atoms with van der Waals surface area (Å²) in [6.07, 6.45) is -0.0824. The molecule has 0 radical (unpaired) electrons. The zero-order valence-electron chi connectivity index (χ0n) is 16.0. The molecular formula is C21H24N2O5. The van der Waals surface area contributed by atoms with Gasteiger partial charge in [0.05, 0.1) is 30.9 Å². The number of imide groups is 1. The molecule has 148 valence electrons. The van der Waals surface area contributed by atoms with Gasteiger partial charge in [-0.1, -0.05) is 12.1 Å². The Morgan fingerprint density at radius 2 is 1.93 bits per heavy atom. The van der Waals surface area contributed by atoms with Crippen molar-refractivity contribution in [1.29, 1.82) is 0 Å². The number of rotatable bonds is 8. The summed E-state index contributed by atoms with van der Waals surface area (Å²) in [6, 6.07) is 10.3. The molecule has 0 spiro atoms. The topological polar surface area (TPSA) is 102 Å². The Morgan fingerprint density at radius 1 is 1.14 bits per heavy atom. The van der Waals surface area contributed by atoms with Gasteiger partial charge in [-0.3, -0.25) is 14.5 Å². The van der Waals surface area contributed by atoms with Crippen molar-refractivity contribution in [2.45, 2.75) is 25.9 Å². The van der Waals surface area contributed by atoms with Crippen LogP contribution < -0.4 is 15.2 Å². The van der Waals surface area contributed by atoms with Crippen LogP contribution in [0.4, 0.5) is 5.69 Å². The maximum absolute atomic E-state index is 12.5. The quantitative estimate of drug-likeness (QED) is 0.535. The van der Waals surface area contributed by atoms with E-state index >= 15 is 0 Å². The molecule has 1 aliphatic heterocycles. The van der Waals surface area contributed by atoms with E-state index in [-0.39, 0.29) is 24.4 Å². The summed E-state index contributed by atoms with van der Waals surface area (Å²) in [5.74, 6) is 0.463. The molecule has 2 aromatic carbocycles. The molecular weight excluding hydrogens is 360 g/mol. The first-order valence-corrected chi connectivity index (χ1v) is 9.18. The van der Waals surface area contributed by atoms with E-state index in [4.69, 9.17) is 15.2 Å². The maximum atomic E-state index is 12.5. The monoisotopic (exact) mass is 384 g/mol. The molecule has 1 heterocycles. The summed E-state index contributed by atoms with van der Waals surface area (Å²) >= 11 is 0. The smallest absolute Gasteiger partial charge is 0.263 e. The van der Waals surface area contributed by atoms with Gasteiger partial charge in [0, 0.05) is 12.2 Å². The number of hydrogen-bond acceptors (Lipinski definition) is 6. The van der Waals surface area contributed by atoms with Crippen molar-refractivity contribution < 1.29 is 24.2 Å². The molecule has 3 N–H and O–H groups in total. The molecule has 28 heavy (non-hydrogen) atoms. The van der Waals surface area contributed by atoms with Crippen molar-refractivity contribution in [1.82, 2.24) is 4.90 Å². The van der Waals surface area contributed by atoms with Gasteiger partial charge in [0.1, 0.15) is 0 Å². The third kappa shape index (κ3) is 3.80. The molecule has 0 saturated heterocycles. The number of aliphatic hydroxyl groups excluding tert-OH is 1. The maximum Gasteiger partial charge on any atom is 0.263 e. The second-order valence-electron chi connectivity index (χ2n) is 6.60. The second-order valence-corrected chi connectivity index (χ2v) is 6.60. The minimum atomic E-state index is -0.718. The number of benzene rings is 2. The summed E-state index contributed by atoms with van der Waals surface area (Å²) in [4.78, 5) is 26.1. The summed E-state index contributed by atoms with van der Waals surface area (Å²) in [6.45, 7) is 2.52. The minimum absolute atomic E-state index is 0.126. The fourth-order valence-corrected chi connectivity index (χ4v) is 3.33. The fraction of sp³-hybridized carbons (Fsp3) is 0.333. The van der Waals surface area contributed by atoms with E-state index in [0.717, 1.165) is 10.5 Å². The van der Waals surface area contributed by atoms with E-state index < -0.39 is 12.0 Å². The number of carbonyl (C=O) groups excluding carboxylic acids is 2. The largest absolute Gasteiger partial charge is 0.493 e. The number of ether oxygens (including phenoxy) is 2. The van der Waals surface area contributed by atoms with Crippen molar-refractivity contribution >= 4 is 17.5 Å². The number of nitrogens with two attached hydrogens (primary N) is 1. The van der Waals surface area contributed by atoms with Gasteiger partial charge >= 0.3 is 0 Å². The third-order valence-electron chi connectivity index (χ3n) is 4.72. The number of hydrogen-bond donors (Lipinski definition) is 2. The summed E-state index contributed by atoms with van der Waals surface area (Å²) in [7, 11) is 1.57. The Balaban J connectivity index is 1.63. The molecule has 3 rings (SSSR count). The van der Waals surface area contributed by atoms with Crippen molar-refractivity contribution in [2.24, 2.45) is 0 Å². The van der Waals surface area contributed by atoms with E-state index in [1.54, 1.807) is 31.4 Å². The van der Waals surface area contributed by atoms with Gasteiger partial charge in [-0.2, -0.15) is 0 Å². The van der Waals surface area contributed by atoms with Crippen molar-refractivity contribution in [2.75, 3.05) is 26.0 Å². The van der Waals surface area contributed by atoms with Crippen LogP contribution >= 0.6 is 0 Å². The molecule has 1 aliphatic rings. The number of anilines is 1. The highest BCUT2D eigenvalue weighted by Crippen LogP contribution is 2.30. The number of nitrogen functional groups attached to an aromatic ring is 1. The summed E-state index contributed by atoms with van der Waals surface area (Å²) < 4.78 is 10.8. The molecule has 7 nitrogen and oxygen atoms in total. The highest BCUT2D eigenvalue weighted by Gasteiger charge is 2.36. The van der Waals surface area contributed by atoms with Gasteiger partial charge < -0.3 is 20.3 Å². The number of aliphatic hydroxyl groups is 1. The number of fused-ring (bicyclic) bond motifs is 1. The van der Waals surface area contributed by atoms with Crippen LogP contribution in [0.15, 0.2) is 36.4 Å². The molecule has 0 saturated carbocycles. The van der Waals surface area contributed by atoms with Crippen molar-refractivity contribution in [3.05, 3.63) is 53.1 Å². The highest BCUT2D eigenvalue weighted by atomic mass is 16.5. The molecule has 1 unspecified atom stereocenters. The lowest BCUT2D eigenvalue weighted by atomic mass is 10.0. The number of nitrogens with zero attached hydrogens (tertiary/aromatic N) is 1. The number of methoxy groups -OCH3 is 1. The lowest BCUT2D eigenvalue weighted by molar-refractivity contribution is 0.0623. The number of carbonyl (C=O) groups is 2. The third-order valence-corrected chi connectivity index (χ3v) is 4.72. The molecule has 7 heteroatoms. The Kier molecular flexibility index (Phi) is 5.84. The molecule has 2 amide bonds. The van der Waals surface area contributed by atoms with Gasteiger partial charge in [0.2, 0.25) is 0 Å². The Hall–Kier alpha value is -3.06. The molecule has 0 fully saturated rings. The molecule has 2 aromatic rings. The van der Waals surface area contributed by atoms with Gasteiger partial charge in [0.15, 0.2) is 11.5 Å². The highest BCUT2D eigenvalue weighted by molar-refractivity contribution is 6.23. The van der Waals surface area contributed by atoms with Crippen LogP contribution in [0.25, 0.3) is 0 Å². The molecule has 0 aliphatic carbocycles. The van der Waals surface area contributed by atoms with Crippen LogP contribution in [0.3, 0.4) is 0 Å². The van der Waals surface area contributed by atoms with Crippen LogP contribution in [0.2, 0.25) is 0 Å². The lowest BCUT2D eigenvalue weighted by Crippen LogP contribution is -2.33. The van der Waals surface area contributed by atoms with Gasteiger partial charge in [-0.25, -0.2) is 0 Å². The first-order valence-electron chi connectivity index (χ1n) is 9.18. The van der Waals surface area contributed by atoms with Crippen molar-refractivity contribution in [3.63, 3.8) is 0 Å². The minimum Gasteiger partial charge on any atom is -0.493 e. The van der Waals surface area contributed by atoms with E-state index in [0.29, 0.717) is 35.8 Å². The van der Waals surface area contributed by atoms with Gasteiger partial charge in [-0.15, -0.1) is 0 Å². The molecule has 1 atom stereocenters. The van der Waals surface area contributed by atoms with Crippen LogP contribution in [0.1, 0.15) is 39.6 Å². The Morgan fingerprint density at radius 3 is 2.61 bits per heavy atom. The SMILES string of the molecule is CCOc1cc(CC(O)CCN2C(=O)c3cccc(N)c3C2=O)ccc1OC. The van der Waals surface area contributed by atoms with Crippen LogP contribution in [-0.2, 0) is 6.42 Å². The summed E-state index contributed by atoms with van der Waals surface area (Å²) in [5, 5.41) is 10.4. The molecule has 0 bridgehead atoms. The first kappa shape index (κ1) is 19.7. The second kappa shape index (κ2) is 8.31. The predicted molar refractivity (Wildman–Crippen MR) is 105 cm³/mol. The Labute approximate surface area is 163 Å². The lowest BCUT2D eigenvalue weighted by Gasteiger charge is -2.17. The average Bonchev–Trinajstić information content (AvgIpc) is 2.92. The van der Waals surface area contributed by atoms with Crippen molar-refractivity contribution in [3.8, 4) is 11.5 Å². The van der Waals surface area contributed by atoms with E-state index in [1.165, 1.54) is 0 Å². The van der Waals surface area contributed by atoms with Crippen LogP contribution in [-0.4, -0.2) is 48.2 Å². The number of amides is 2. The zero-order valence-corrected chi connectivity index (χ0v) is 16.0. The zero-order chi connectivity index (χ0) is 20.3. The van der Waals surface area contributed by atoms with Gasteiger partial charge in [0.25, 0.3) is 11.8 Å². The normalized spacial score (nSPS) is 14.2. The Bertz CT molecular complexity index is 896. The van der Waals surface area contributed by atoms with E-state index in [2.05, 4.69) is 0 Å². The molecule has 0 aromatic heterocycles. The van der Waals surface area contributed by atoms with E-state index in [1.807, 2.05) is 19.1 Å². The fourth-order valence-electron chi connectivity index (χ4n) is 3.33. The van der Waals surface area contributed by atoms with Gasteiger partial charge in [-0.05, 0) is 49.6 Å². The standard InChI is InChI=1S/C21H24N2O5/c1-3-28-18-12-13(7-8-17(18)27-2)11-14(24)9-10-23-20(25)15-5-4-6-16(22)19(15)21(23)26/h4-8,12,14,24H,3,9-11,22H2,1-2H3. The average molecular weight is 384 g/mol. The predicted octanol–water partition coefficient (Wildman–Crippen LogP) is 2.27. The summed E-state index contributed by atoms with van der Waals surface area (Å²) in [5.41, 5.74) is 7.57.